The van der Waals surface area contributed by atoms with E-state index >= 15 is 0 Å². The van der Waals surface area contributed by atoms with Gasteiger partial charge in [0.05, 0.1) is 5.60 Å². The fourth-order valence-corrected chi connectivity index (χ4v) is 2.24. The number of amidine groups is 1. The number of likely N-dealkylation sites (N-methyl/N-ethyl adjacent to an activating group) is 1. The van der Waals surface area contributed by atoms with Gasteiger partial charge in [-0.25, -0.2) is 5.06 Å². The second-order valence-electron chi connectivity index (χ2n) is 7.95. The monoisotopic (exact) mass is 306 g/mol. The summed E-state index contributed by atoms with van der Waals surface area (Å²) >= 11 is 0. The summed E-state index contributed by atoms with van der Waals surface area (Å²) in [7, 11) is 1.76. The molecule has 0 aliphatic heterocycles. The van der Waals surface area contributed by atoms with Gasteiger partial charge in [-0.3, -0.25) is 4.84 Å². The molecule has 124 valence electrons. The van der Waals surface area contributed by atoms with E-state index < -0.39 is 0 Å². The fourth-order valence-electron chi connectivity index (χ4n) is 2.24. The molecule has 1 aromatic rings. The predicted molar refractivity (Wildman–Crippen MR) is 91.1 cm³/mol. The van der Waals surface area contributed by atoms with E-state index in [9.17, 15) is 5.21 Å². The maximum Gasteiger partial charge on any atom is 0.172 e. The van der Waals surface area contributed by atoms with E-state index in [4.69, 9.17) is 4.84 Å². The van der Waals surface area contributed by atoms with E-state index in [-0.39, 0.29) is 11.0 Å². The van der Waals surface area contributed by atoms with Gasteiger partial charge < -0.3 is 5.21 Å². The van der Waals surface area contributed by atoms with Crippen LogP contribution in [0.4, 0.5) is 0 Å². The molecule has 1 aromatic carbocycles. The number of oxime groups is 1. The highest BCUT2D eigenvalue weighted by molar-refractivity contribution is 5.82. The first kappa shape index (κ1) is 18.5. The highest BCUT2D eigenvalue weighted by atomic mass is 16.7. The van der Waals surface area contributed by atoms with Crippen LogP contribution in [0, 0.1) is 5.41 Å². The lowest BCUT2D eigenvalue weighted by atomic mass is 9.88. The lowest BCUT2D eigenvalue weighted by Crippen LogP contribution is -2.36. The van der Waals surface area contributed by atoms with Crippen LogP contribution in [0.1, 0.15) is 52.7 Å². The summed E-state index contributed by atoms with van der Waals surface area (Å²) in [6.45, 7) is 12.6. The summed E-state index contributed by atoms with van der Waals surface area (Å²) in [6, 6.07) is 8.44. The summed E-state index contributed by atoms with van der Waals surface area (Å²) in [6.07, 6.45) is 1.57. The van der Waals surface area contributed by atoms with Crippen LogP contribution in [-0.4, -0.2) is 28.8 Å². The van der Waals surface area contributed by atoms with E-state index in [1.165, 1.54) is 10.6 Å². The van der Waals surface area contributed by atoms with Crippen molar-refractivity contribution in [3.05, 3.63) is 35.4 Å². The highest BCUT2D eigenvalue weighted by Crippen LogP contribution is 2.21. The van der Waals surface area contributed by atoms with Gasteiger partial charge in [-0.15, -0.1) is 0 Å². The molecule has 0 heterocycles. The van der Waals surface area contributed by atoms with Crippen molar-refractivity contribution in [2.24, 2.45) is 10.6 Å². The molecule has 1 N–H and O–H groups in total. The summed E-state index contributed by atoms with van der Waals surface area (Å²) in [5.41, 5.74) is 2.36. The second-order valence-corrected chi connectivity index (χ2v) is 7.95. The average molecular weight is 306 g/mol. The van der Waals surface area contributed by atoms with Gasteiger partial charge in [0.2, 0.25) is 0 Å². The van der Waals surface area contributed by atoms with Crippen molar-refractivity contribution in [2.75, 3.05) is 7.05 Å². The molecule has 0 spiro atoms. The van der Waals surface area contributed by atoms with Crippen molar-refractivity contribution in [1.82, 2.24) is 5.06 Å². The Balaban J connectivity index is 2.72. The molecule has 0 aromatic heterocycles. The minimum Gasteiger partial charge on any atom is -0.409 e. The van der Waals surface area contributed by atoms with Gasteiger partial charge in [-0.2, -0.15) is 0 Å². The minimum atomic E-state index is -0.332. The second kappa shape index (κ2) is 7.14. The van der Waals surface area contributed by atoms with Crippen LogP contribution < -0.4 is 0 Å². The largest absolute Gasteiger partial charge is 0.409 e. The summed E-state index contributed by atoms with van der Waals surface area (Å²) in [5.74, 6) is 0.485. The minimum absolute atomic E-state index is 0.278. The molecule has 0 aliphatic carbocycles. The fraction of sp³-hybridized carbons (Fsp3) is 0.611. The van der Waals surface area contributed by atoms with E-state index in [0.717, 1.165) is 12.0 Å². The third kappa shape index (κ3) is 6.94. The molecule has 0 amide bonds. The molecule has 0 bridgehead atoms. The first-order valence-corrected chi connectivity index (χ1v) is 7.72. The summed E-state index contributed by atoms with van der Waals surface area (Å²) in [5, 5.41) is 14.1. The van der Waals surface area contributed by atoms with Crippen LogP contribution in [0.3, 0.4) is 0 Å². The average Bonchev–Trinajstić information content (AvgIpc) is 2.33. The van der Waals surface area contributed by atoms with Crippen molar-refractivity contribution >= 4 is 5.84 Å². The maximum absolute atomic E-state index is 9.23. The Morgan fingerprint density at radius 2 is 1.55 bits per heavy atom. The number of benzene rings is 1. The Morgan fingerprint density at radius 1 is 1.05 bits per heavy atom. The zero-order valence-electron chi connectivity index (χ0n) is 15.0. The van der Waals surface area contributed by atoms with Gasteiger partial charge in [0.15, 0.2) is 5.84 Å². The Bertz CT molecular complexity index is 493. The maximum atomic E-state index is 9.23. The van der Waals surface area contributed by atoms with Gasteiger partial charge in [0.1, 0.15) is 0 Å². The van der Waals surface area contributed by atoms with Gasteiger partial charge in [0.25, 0.3) is 0 Å². The molecule has 0 aliphatic rings. The van der Waals surface area contributed by atoms with Gasteiger partial charge in [-0.05, 0) is 43.7 Å². The number of hydroxylamine groups is 2. The Morgan fingerprint density at radius 3 is 1.95 bits per heavy atom. The number of hydrogen-bond acceptors (Lipinski definition) is 3. The third-order valence-electron chi connectivity index (χ3n) is 3.01. The smallest absolute Gasteiger partial charge is 0.172 e. The van der Waals surface area contributed by atoms with Gasteiger partial charge >= 0.3 is 0 Å². The van der Waals surface area contributed by atoms with E-state index in [0.29, 0.717) is 12.3 Å². The number of nitrogens with zero attached hydrogens (tertiary/aromatic N) is 2. The molecular formula is C18H30N2O2. The molecule has 4 nitrogen and oxygen atoms in total. The van der Waals surface area contributed by atoms with E-state index in [1.54, 1.807) is 7.05 Å². The quantitative estimate of drug-likeness (QED) is 0.391. The number of hydrogen-bond donors (Lipinski definition) is 1. The molecule has 0 radical (unpaired) electrons. The van der Waals surface area contributed by atoms with Crippen LogP contribution in [0.5, 0.6) is 0 Å². The number of rotatable bonds is 4. The third-order valence-corrected chi connectivity index (χ3v) is 3.01. The molecule has 0 atom stereocenters. The molecule has 0 saturated heterocycles. The highest BCUT2D eigenvalue weighted by Gasteiger charge is 2.18. The topological polar surface area (TPSA) is 45.1 Å². The Labute approximate surface area is 134 Å². The molecule has 0 fully saturated rings. The summed E-state index contributed by atoms with van der Waals surface area (Å²) < 4.78 is 0. The molecular weight excluding hydrogens is 276 g/mol. The van der Waals surface area contributed by atoms with Gasteiger partial charge in [0, 0.05) is 13.5 Å². The van der Waals surface area contributed by atoms with Crippen molar-refractivity contribution in [1.29, 1.82) is 0 Å². The van der Waals surface area contributed by atoms with E-state index in [2.05, 4.69) is 50.2 Å². The summed E-state index contributed by atoms with van der Waals surface area (Å²) in [4.78, 5) is 5.70. The lowest BCUT2D eigenvalue weighted by Gasteiger charge is -2.28. The standard InChI is InChI=1S/C18H30N2O2/c1-17(2,3)13-15-10-8-14(9-11-15)12-16(19-21)20(7)22-18(4,5)6/h8-11,21H,12-13H2,1-7H3/b19-16-. The lowest BCUT2D eigenvalue weighted by molar-refractivity contribution is -0.169. The van der Waals surface area contributed by atoms with Gasteiger partial charge in [-0.1, -0.05) is 50.2 Å². The first-order chi connectivity index (χ1) is 10.00. The molecule has 22 heavy (non-hydrogen) atoms. The van der Waals surface area contributed by atoms with Crippen LogP contribution >= 0.6 is 0 Å². The Kier molecular flexibility index (Phi) is 6.00. The molecule has 4 heteroatoms. The molecule has 1 rings (SSSR count). The van der Waals surface area contributed by atoms with Crippen LogP contribution in [-0.2, 0) is 17.7 Å². The van der Waals surface area contributed by atoms with Crippen LogP contribution in [0.15, 0.2) is 29.4 Å². The van der Waals surface area contributed by atoms with Crippen LogP contribution in [0.2, 0.25) is 0 Å². The van der Waals surface area contributed by atoms with Crippen molar-refractivity contribution in [3.8, 4) is 0 Å². The zero-order chi connectivity index (χ0) is 17.0. The normalized spacial score (nSPS) is 13.3. The van der Waals surface area contributed by atoms with E-state index in [1.807, 2.05) is 20.8 Å². The molecule has 0 saturated carbocycles. The van der Waals surface area contributed by atoms with Crippen molar-refractivity contribution in [2.45, 2.75) is 60.0 Å². The SMILES string of the molecule is CN(OC(C)(C)C)/C(Cc1ccc(CC(C)(C)C)cc1)=N\O. The Hall–Kier alpha value is -1.55. The predicted octanol–water partition coefficient (Wildman–Crippen LogP) is 4.27. The zero-order valence-corrected chi connectivity index (χ0v) is 15.0. The first-order valence-electron chi connectivity index (χ1n) is 7.72. The van der Waals surface area contributed by atoms with Crippen LogP contribution in [0.25, 0.3) is 0 Å². The molecule has 0 unspecified atom stereocenters. The van der Waals surface area contributed by atoms with Crippen molar-refractivity contribution < 1.29 is 10.0 Å². The van der Waals surface area contributed by atoms with Crippen molar-refractivity contribution in [3.63, 3.8) is 0 Å².